The molecule has 0 radical (unpaired) electrons. The Morgan fingerprint density at radius 1 is 1.11 bits per heavy atom. The quantitative estimate of drug-likeness (QED) is 0.611. The summed E-state index contributed by atoms with van der Waals surface area (Å²) in [6.07, 6.45) is 0. The van der Waals surface area contributed by atoms with Crippen LogP contribution in [0.15, 0.2) is 30.3 Å². The number of nitrogens with zero attached hydrogens (tertiary/aromatic N) is 3. The summed E-state index contributed by atoms with van der Waals surface area (Å²) in [5.41, 5.74) is 0.333. The van der Waals surface area contributed by atoms with Crippen LogP contribution in [0, 0.1) is 6.92 Å². The maximum Gasteiger partial charge on any atom is 0.270 e. The molecule has 1 amide bonds. The number of likely N-dealkylation sites (N-methyl/N-ethyl adjacent to an activating group) is 1. The van der Waals surface area contributed by atoms with Gasteiger partial charge in [-0.25, -0.2) is 9.97 Å². The summed E-state index contributed by atoms with van der Waals surface area (Å²) in [6.45, 7) is 4.10. The van der Waals surface area contributed by atoms with Crippen molar-refractivity contribution in [3.05, 3.63) is 41.9 Å². The average Bonchev–Trinajstić information content (AvgIpc) is 2.65. The molecule has 0 saturated heterocycles. The van der Waals surface area contributed by atoms with Crippen LogP contribution in [-0.4, -0.2) is 68.2 Å². The van der Waals surface area contributed by atoms with E-state index in [0.717, 1.165) is 24.6 Å². The molecule has 0 unspecified atom stereocenters. The van der Waals surface area contributed by atoms with Gasteiger partial charge in [-0.3, -0.25) is 4.79 Å². The zero-order chi connectivity index (χ0) is 19.6. The van der Waals surface area contributed by atoms with Gasteiger partial charge in [-0.15, -0.1) is 0 Å². The Hall–Kier alpha value is -2.87. The summed E-state index contributed by atoms with van der Waals surface area (Å²) in [5, 5.41) is 6.01. The Kier molecular flexibility index (Phi) is 7.81. The van der Waals surface area contributed by atoms with E-state index >= 15 is 0 Å². The molecule has 2 rings (SSSR count). The average molecular weight is 373 g/mol. The van der Waals surface area contributed by atoms with Gasteiger partial charge in [0.15, 0.2) is 0 Å². The van der Waals surface area contributed by atoms with Gasteiger partial charge in [0.1, 0.15) is 35.4 Å². The highest BCUT2D eigenvalue weighted by Gasteiger charge is 2.10. The molecular weight excluding hydrogens is 346 g/mol. The fraction of sp³-hybridized carbons (Fsp3) is 0.421. The van der Waals surface area contributed by atoms with Crippen LogP contribution in [0.5, 0.6) is 11.5 Å². The van der Waals surface area contributed by atoms with Gasteiger partial charge in [-0.05, 0) is 45.3 Å². The molecule has 1 aromatic carbocycles. The number of carbonyl (C=O) groups is 1. The maximum absolute atomic E-state index is 12.3. The molecule has 2 aromatic rings. The second kappa shape index (κ2) is 10.3. The van der Waals surface area contributed by atoms with Gasteiger partial charge in [0.25, 0.3) is 5.91 Å². The summed E-state index contributed by atoms with van der Waals surface area (Å²) >= 11 is 0. The van der Waals surface area contributed by atoms with Crippen molar-refractivity contribution in [2.75, 3.05) is 52.8 Å². The van der Waals surface area contributed by atoms with Gasteiger partial charge in [-0.2, -0.15) is 0 Å². The van der Waals surface area contributed by atoms with Crippen LogP contribution in [-0.2, 0) is 0 Å². The van der Waals surface area contributed by atoms with Crippen LogP contribution in [0.4, 0.5) is 5.82 Å². The lowest BCUT2D eigenvalue weighted by Gasteiger charge is -2.12. The van der Waals surface area contributed by atoms with E-state index in [0.29, 0.717) is 30.5 Å². The zero-order valence-corrected chi connectivity index (χ0v) is 16.3. The third-order valence-corrected chi connectivity index (χ3v) is 3.65. The molecule has 1 heterocycles. The number of ether oxygens (including phenoxy) is 2. The molecule has 0 aliphatic rings. The first kappa shape index (κ1) is 20.4. The van der Waals surface area contributed by atoms with Crippen LogP contribution >= 0.6 is 0 Å². The lowest BCUT2D eigenvalue weighted by molar-refractivity contribution is 0.0941. The highest BCUT2D eigenvalue weighted by Crippen LogP contribution is 2.16. The summed E-state index contributed by atoms with van der Waals surface area (Å²) in [7, 11) is 5.61. The molecule has 0 aliphatic carbocycles. The van der Waals surface area contributed by atoms with Crippen molar-refractivity contribution in [3.8, 4) is 11.5 Å². The molecule has 0 saturated carbocycles. The summed E-state index contributed by atoms with van der Waals surface area (Å²) in [5.74, 6) is 2.42. The Labute approximate surface area is 159 Å². The predicted octanol–water partition coefficient (Wildman–Crippen LogP) is 1.58. The molecule has 2 N–H and O–H groups in total. The molecule has 0 atom stereocenters. The Bertz CT molecular complexity index is 735. The smallest absolute Gasteiger partial charge is 0.270 e. The normalized spacial score (nSPS) is 10.6. The van der Waals surface area contributed by atoms with Crippen molar-refractivity contribution >= 4 is 11.7 Å². The molecule has 0 spiro atoms. The summed E-state index contributed by atoms with van der Waals surface area (Å²) in [6, 6.07) is 8.94. The third-order valence-electron chi connectivity index (χ3n) is 3.65. The number of anilines is 1. The van der Waals surface area contributed by atoms with E-state index in [4.69, 9.17) is 9.47 Å². The van der Waals surface area contributed by atoms with Gasteiger partial charge >= 0.3 is 0 Å². The number of aryl methyl sites for hydroxylation is 1. The molecule has 1 aromatic heterocycles. The van der Waals surface area contributed by atoms with E-state index in [-0.39, 0.29) is 5.91 Å². The van der Waals surface area contributed by atoms with Crippen molar-refractivity contribution in [1.82, 2.24) is 20.2 Å². The van der Waals surface area contributed by atoms with Crippen LogP contribution in [0.2, 0.25) is 0 Å². The first-order valence-electron chi connectivity index (χ1n) is 8.77. The second-order valence-corrected chi connectivity index (χ2v) is 6.20. The number of hydrogen-bond donors (Lipinski definition) is 2. The molecule has 8 heteroatoms. The summed E-state index contributed by atoms with van der Waals surface area (Å²) in [4.78, 5) is 22.9. The number of benzene rings is 1. The number of amides is 1. The van der Waals surface area contributed by atoms with Gasteiger partial charge in [-0.1, -0.05) is 0 Å². The first-order valence-corrected chi connectivity index (χ1v) is 8.77. The van der Waals surface area contributed by atoms with Crippen LogP contribution in [0.25, 0.3) is 0 Å². The van der Waals surface area contributed by atoms with Gasteiger partial charge < -0.3 is 25.0 Å². The predicted molar refractivity (Wildman–Crippen MR) is 105 cm³/mol. The molecule has 0 bridgehead atoms. The fourth-order valence-corrected chi connectivity index (χ4v) is 2.28. The minimum Gasteiger partial charge on any atom is -0.497 e. The number of hydrogen-bond acceptors (Lipinski definition) is 7. The van der Waals surface area contributed by atoms with E-state index in [1.807, 2.05) is 38.4 Å². The first-order chi connectivity index (χ1) is 13.0. The molecule has 27 heavy (non-hydrogen) atoms. The Balaban J connectivity index is 1.81. The SMILES string of the molecule is COc1ccc(OCCNC(=O)c2cc(NCCN(C)C)nc(C)n2)cc1. The largest absolute Gasteiger partial charge is 0.497 e. The minimum atomic E-state index is -0.255. The Morgan fingerprint density at radius 2 is 1.81 bits per heavy atom. The lowest BCUT2D eigenvalue weighted by atomic mass is 10.3. The van der Waals surface area contributed by atoms with Crippen molar-refractivity contribution in [3.63, 3.8) is 0 Å². The number of carbonyl (C=O) groups excluding carboxylic acids is 1. The van der Waals surface area contributed by atoms with E-state index in [1.165, 1.54) is 0 Å². The highest BCUT2D eigenvalue weighted by atomic mass is 16.5. The van der Waals surface area contributed by atoms with Gasteiger partial charge in [0.05, 0.1) is 13.7 Å². The van der Waals surface area contributed by atoms with Gasteiger partial charge in [0, 0.05) is 19.2 Å². The molecule has 146 valence electrons. The molecule has 0 aliphatic heterocycles. The lowest BCUT2D eigenvalue weighted by Crippen LogP contribution is -2.29. The van der Waals surface area contributed by atoms with Crippen molar-refractivity contribution < 1.29 is 14.3 Å². The molecule has 0 fully saturated rings. The van der Waals surface area contributed by atoms with Crippen molar-refractivity contribution in [2.24, 2.45) is 0 Å². The van der Waals surface area contributed by atoms with Crippen molar-refractivity contribution in [1.29, 1.82) is 0 Å². The standard InChI is InChI=1S/C19H27N5O3/c1-14-22-17(13-18(23-14)20-9-11-24(2)3)19(25)21-10-12-27-16-7-5-15(26-4)6-8-16/h5-8,13H,9-12H2,1-4H3,(H,21,25)(H,20,22,23). The monoisotopic (exact) mass is 373 g/mol. The molecular formula is C19H27N5O3. The van der Waals surface area contributed by atoms with Gasteiger partial charge in [0.2, 0.25) is 0 Å². The summed E-state index contributed by atoms with van der Waals surface area (Å²) < 4.78 is 10.7. The highest BCUT2D eigenvalue weighted by molar-refractivity contribution is 5.92. The number of rotatable bonds is 10. The van der Waals surface area contributed by atoms with E-state index < -0.39 is 0 Å². The fourth-order valence-electron chi connectivity index (χ4n) is 2.28. The van der Waals surface area contributed by atoms with Crippen LogP contribution in [0.3, 0.4) is 0 Å². The molecule has 8 nitrogen and oxygen atoms in total. The van der Waals surface area contributed by atoms with E-state index in [1.54, 1.807) is 20.1 Å². The number of aromatic nitrogens is 2. The topological polar surface area (TPSA) is 88.6 Å². The Morgan fingerprint density at radius 3 is 2.48 bits per heavy atom. The van der Waals surface area contributed by atoms with E-state index in [9.17, 15) is 4.79 Å². The maximum atomic E-state index is 12.3. The zero-order valence-electron chi connectivity index (χ0n) is 16.3. The third kappa shape index (κ3) is 7.10. The van der Waals surface area contributed by atoms with Crippen molar-refractivity contribution in [2.45, 2.75) is 6.92 Å². The number of methoxy groups -OCH3 is 1. The minimum absolute atomic E-state index is 0.255. The van der Waals surface area contributed by atoms with Crippen LogP contribution in [0.1, 0.15) is 16.3 Å². The number of nitrogens with one attached hydrogen (secondary N) is 2. The van der Waals surface area contributed by atoms with E-state index in [2.05, 4.69) is 25.5 Å². The van der Waals surface area contributed by atoms with Crippen LogP contribution < -0.4 is 20.1 Å². The second-order valence-electron chi connectivity index (χ2n) is 6.20.